The molecule has 11 heteroatoms. The number of hydrogen-bond donors (Lipinski definition) is 5. The second kappa shape index (κ2) is 11.0. The number of aliphatic hydroxyl groups is 2. The van der Waals surface area contributed by atoms with Gasteiger partial charge in [-0.3, -0.25) is 14.6 Å². The van der Waals surface area contributed by atoms with Crippen LogP contribution in [0.15, 0.2) is 60.9 Å². The number of hydrogen-bond acceptors (Lipinski definition) is 6. The van der Waals surface area contributed by atoms with Gasteiger partial charge in [-0.1, -0.05) is 12.1 Å². The van der Waals surface area contributed by atoms with Gasteiger partial charge in [0.05, 0.1) is 42.0 Å². The molecule has 0 bridgehead atoms. The number of pyridine rings is 1. The minimum absolute atomic E-state index is 0.0856. The van der Waals surface area contributed by atoms with Gasteiger partial charge in [0.15, 0.2) is 0 Å². The summed E-state index contributed by atoms with van der Waals surface area (Å²) in [6, 6.07) is 10.2. The Bertz CT molecular complexity index is 1220. The van der Waals surface area contributed by atoms with E-state index in [1.807, 2.05) is 0 Å². The highest BCUT2D eigenvalue weighted by Gasteiger charge is 2.30. The van der Waals surface area contributed by atoms with Crippen LogP contribution in [0, 0.1) is 6.92 Å². The van der Waals surface area contributed by atoms with Crippen molar-refractivity contribution in [1.29, 1.82) is 0 Å². The van der Waals surface area contributed by atoms with Gasteiger partial charge in [-0.05, 0) is 48.9 Å². The van der Waals surface area contributed by atoms with Crippen molar-refractivity contribution in [3.63, 3.8) is 0 Å². The van der Waals surface area contributed by atoms with E-state index in [4.69, 9.17) is 5.11 Å². The van der Waals surface area contributed by atoms with Crippen LogP contribution in [0.3, 0.4) is 0 Å². The van der Waals surface area contributed by atoms with Crippen molar-refractivity contribution in [1.82, 2.24) is 4.98 Å². The molecule has 3 rings (SSSR count). The molecule has 5 N–H and O–H groups in total. The number of carbonyl (C=O) groups excluding carboxylic acids is 2. The SMILES string of the molecule is Cc1ccc(NC(=O)c2cccc(C(F)(F)F)c2)cc1C(=O)Nc1cncc(NC[C@@H](O)CO)c1. The van der Waals surface area contributed by atoms with E-state index in [2.05, 4.69) is 20.9 Å². The van der Waals surface area contributed by atoms with Crippen molar-refractivity contribution >= 4 is 28.9 Å². The number of benzene rings is 2. The summed E-state index contributed by atoms with van der Waals surface area (Å²) >= 11 is 0. The van der Waals surface area contributed by atoms with E-state index in [1.165, 1.54) is 30.6 Å². The second-order valence-electron chi connectivity index (χ2n) is 7.70. The summed E-state index contributed by atoms with van der Waals surface area (Å²) < 4.78 is 38.8. The van der Waals surface area contributed by atoms with Crippen LogP contribution in [0.4, 0.5) is 30.2 Å². The summed E-state index contributed by atoms with van der Waals surface area (Å²) in [6.45, 7) is 1.37. The zero-order chi connectivity index (χ0) is 25.6. The summed E-state index contributed by atoms with van der Waals surface area (Å²) in [5, 5.41) is 26.4. The number of alkyl halides is 3. The van der Waals surface area contributed by atoms with Gasteiger partial charge in [-0.15, -0.1) is 0 Å². The predicted octanol–water partition coefficient (Wildman–Crippen LogP) is 3.68. The Morgan fingerprint density at radius 1 is 0.971 bits per heavy atom. The topological polar surface area (TPSA) is 124 Å². The van der Waals surface area contributed by atoms with Crippen LogP contribution in [-0.2, 0) is 6.18 Å². The molecule has 2 aromatic carbocycles. The molecule has 0 aliphatic heterocycles. The van der Waals surface area contributed by atoms with E-state index in [0.717, 1.165) is 18.2 Å². The van der Waals surface area contributed by atoms with E-state index in [-0.39, 0.29) is 23.4 Å². The van der Waals surface area contributed by atoms with Gasteiger partial charge in [-0.25, -0.2) is 0 Å². The van der Waals surface area contributed by atoms with Gasteiger partial charge < -0.3 is 26.2 Å². The highest BCUT2D eigenvalue weighted by Crippen LogP contribution is 2.29. The van der Waals surface area contributed by atoms with Crippen LogP contribution in [0.5, 0.6) is 0 Å². The first-order valence-electron chi connectivity index (χ1n) is 10.5. The van der Waals surface area contributed by atoms with Gasteiger partial charge in [0.1, 0.15) is 0 Å². The van der Waals surface area contributed by atoms with E-state index in [0.29, 0.717) is 16.9 Å². The van der Waals surface area contributed by atoms with Crippen LogP contribution in [0.2, 0.25) is 0 Å². The van der Waals surface area contributed by atoms with E-state index in [1.54, 1.807) is 19.1 Å². The molecule has 0 saturated carbocycles. The third-order valence-electron chi connectivity index (χ3n) is 4.94. The maximum atomic E-state index is 12.9. The first kappa shape index (κ1) is 25.7. The van der Waals surface area contributed by atoms with Crippen LogP contribution in [-0.4, -0.2) is 46.3 Å². The fourth-order valence-corrected chi connectivity index (χ4v) is 3.09. The maximum Gasteiger partial charge on any atom is 0.416 e. The Balaban J connectivity index is 1.73. The zero-order valence-electron chi connectivity index (χ0n) is 18.6. The molecule has 0 fully saturated rings. The van der Waals surface area contributed by atoms with Crippen LogP contribution < -0.4 is 16.0 Å². The molecular weight excluding hydrogens is 465 g/mol. The normalized spacial score (nSPS) is 12.1. The van der Waals surface area contributed by atoms with Gasteiger partial charge in [0.25, 0.3) is 11.8 Å². The molecule has 8 nitrogen and oxygen atoms in total. The number of rotatable bonds is 8. The summed E-state index contributed by atoms with van der Waals surface area (Å²) in [5.74, 6) is -1.24. The van der Waals surface area contributed by atoms with Crippen molar-refractivity contribution in [2.45, 2.75) is 19.2 Å². The number of carbonyl (C=O) groups is 2. The quantitative estimate of drug-likeness (QED) is 0.330. The number of nitrogens with one attached hydrogen (secondary N) is 3. The minimum atomic E-state index is -4.58. The number of halogens is 3. The largest absolute Gasteiger partial charge is 0.416 e. The molecular formula is C24H23F3N4O4. The smallest absolute Gasteiger partial charge is 0.394 e. The van der Waals surface area contributed by atoms with Gasteiger partial charge in [0, 0.05) is 23.4 Å². The summed E-state index contributed by atoms with van der Waals surface area (Å²) in [6.07, 6.45) is -2.63. The fraction of sp³-hybridized carbons (Fsp3) is 0.208. The van der Waals surface area contributed by atoms with Gasteiger partial charge in [-0.2, -0.15) is 13.2 Å². The molecule has 3 aromatic rings. The van der Waals surface area contributed by atoms with E-state index in [9.17, 15) is 27.9 Å². The lowest BCUT2D eigenvalue weighted by atomic mass is 10.1. The number of aliphatic hydroxyl groups excluding tert-OH is 2. The lowest BCUT2D eigenvalue weighted by Crippen LogP contribution is -2.23. The second-order valence-corrected chi connectivity index (χ2v) is 7.70. The Morgan fingerprint density at radius 2 is 1.69 bits per heavy atom. The van der Waals surface area contributed by atoms with Crippen LogP contribution in [0.1, 0.15) is 31.8 Å². The van der Waals surface area contributed by atoms with Gasteiger partial charge in [0.2, 0.25) is 0 Å². The lowest BCUT2D eigenvalue weighted by molar-refractivity contribution is -0.137. The minimum Gasteiger partial charge on any atom is -0.394 e. The van der Waals surface area contributed by atoms with Crippen molar-refractivity contribution < 1.29 is 33.0 Å². The Kier molecular flexibility index (Phi) is 8.05. The van der Waals surface area contributed by atoms with Gasteiger partial charge >= 0.3 is 6.18 Å². The molecule has 0 saturated heterocycles. The summed E-state index contributed by atoms with van der Waals surface area (Å²) in [7, 11) is 0. The molecule has 1 atom stereocenters. The van der Waals surface area contributed by atoms with Crippen molar-refractivity contribution in [2.75, 3.05) is 29.1 Å². The molecule has 1 aromatic heterocycles. The molecule has 0 spiro atoms. The summed E-state index contributed by atoms with van der Waals surface area (Å²) in [5.41, 5.74) is 0.826. The van der Waals surface area contributed by atoms with Crippen LogP contribution >= 0.6 is 0 Å². The standard InChI is InChI=1S/C24H23F3N4O4/c1-14-5-6-17(30-22(34)15-3-2-4-16(7-15)24(25,26)27)9-21(14)23(35)31-19-8-18(10-28-11-19)29-12-20(33)13-32/h2-11,20,29,32-33H,12-13H2,1H3,(H,30,34)(H,31,35)/t20-/m1/s1. The zero-order valence-corrected chi connectivity index (χ0v) is 18.6. The number of amides is 2. The third kappa shape index (κ3) is 7.01. The Morgan fingerprint density at radius 3 is 2.40 bits per heavy atom. The third-order valence-corrected chi connectivity index (χ3v) is 4.94. The monoisotopic (exact) mass is 488 g/mol. The average molecular weight is 488 g/mol. The van der Waals surface area contributed by atoms with E-state index >= 15 is 0 Å². The molecule has 2 amide bonds. The molecule has 0 unspecified atom stereocenters. The Labute approximate surface area is 198 Å². The number of aromatic nitrogens is 1. The molecule has 1 heterocycles. The maximum absolute atomic E-state index is 12.9. The highest BCUT2D eigenvalue weighted by atomic mass is 19.4. The molecule has 35 heavy (non-hydrogen) atoms. The lowest BCUT2D eigenvalue weighted by Gasteiger charge is -2.13. The number of aryl methyl sites for hydroxylation is 1. The number of anilines is 3. The average Bonchev–Trinajstić information content (AvgIpc) is 2.83. The molecule has 0 radical (unpaired) electrons. The molecule has 0 aliphatic rings. The number of nitrogens with zero attached hydrogens (tertiary/aromatic N) is 1. The predicted molar refractivity (Wildman–Crippen MR) is 124 cm³/mol. The Hall–Kier alpha value is -3.96. The first-order valence-corrected chi connectivity index (χ1v) is 10.5. The molecule has 184 valence electrons. The fourth-order valence-electron chi connectivity index (χ4n) is 3.09. The van der Waals surface area contributed by atoms with E-state index < -0.39 is 36.3 Å². The van der Waals surface area contributed by atoms with Crippen molar-refractivity contribution in [2.24, 2.45) is 0 Å². The summed E-state index contributed by atoms with van der Waals surface area (Å²) in [4.78, 5) is 29.4. The van der Waals surface area contributed by atoms with Crippen molar-refractivity contribution in [3.05, 3.63) is 83.2 Å². The van der Waals surface area contributed by atoms with Crippen LogP contribution in [0.25, 0.3) is 0 Å². The molecule has 0 aliphatic carbocycles. The van der Waals surface area contributed by atoms with Crippen molar-refractivity contribution in [3.8, 4) is 0 Å². The highest BCUT2D eigenvalue weighted by molar-refractivity contribution is 6.08. The first-order chi connectivity index (χ1) is 16.6.